The van der Waals surface area contributed by atoms with E-state index in [0.29, 0.717) is 13.2 Å². The maximum atomic E-state index is 13.2. The fraction of sp³-hybridized carbons (Fsp3) is 0.588. The van der Waals surface area contributed by atoms with Gasteiger partial charge in [0.15, 0.2) is 0 Å². The van der Waals surface area contributed by atoms with Gasteiger partial charge in [-0.25, -0.2) is 0 Å². The van der Waals surface area contributed by atoms with E-state index in [1.54, 1.807) is 0 Å². The SMILES string of the molecule is COC[C@H]1[C@@H](NC(=O)c2ccccc2OC(F)(F)C(F)F)[C@H]2CCO[C@H]21. The maximum Gasteiger partial charge on any atom is 0.461 e. The van der Waals surface area contributed by atoms with Crippen LogP contribution in [0.1, 0.15) is 16.8 Å². The monoisotopic (exact) mass is 377 g/mol. The predicted octanol–water partition coefficient (Wildman–Crippen LogP) is 2.70. The third kappa shape index (κ3) is 3.50. The summed E-state index contributed by atoms with van der Waals surface area (Å²) >= 11 is 0. The highest BCUT2D eigenvalue weighted by molar-refractivity contribution is 5.97. The van der Waals surface area contributed by atoms with Crippen molar-refractivity contribution >= 4 is 5.91 Å². The number of hydrogen-bond donors (Lipinski definition) is 1. The molecule has 1 heterocycles. The quantitative estimate of drug-likeness (QED) is 0.743. The molecule has 1 amide bonds. The number of fused-ring (bicyclic) bond motifs is 1. The number of para-hydroxylation sites is 1. The minimum atomic E-state index is -4.68. The van der Waals surface area contributed by atoms with Crippen molar-refractivity contribution < 1.29 is 36.6 Å². The van der Waals surface area contributed by atoms with Gasteiger partial charge in [-0.15, -0.1) is 0 Å². The van der Waals surface area contributed by atoms with Gasteiger partial charge in [0.25, 0.3) is 5.91 Å². The van der Waals surface area contributed by atoms with E-state index < -0.39 is 24.2 Å². The van der Waals surface area contributed by atoms with Gasteiger partial charge in [-0.2, -0.15) is 17.6 Å². The molecular formula is C17H19F4NO4. The summed E-state index contributed by atoms with van der Waals surface area (Å²) in [6.07, 6.45) is -7.92. The third-order valence-corrected chi connectivity index (χ3v) is 4.82. The Bertz CT molecular complexity index is 657. The average Bonchev–Trinajstić information content (AvgIpc) is 3.02. The highest BCUT2D eigenvalue weighted by Crippen LogP contribution is 2.44. The van der Waals surface area contributed by atoms with Crippen LogP contribution in [0.15, 0.2) is 24.3 Å². The molecule has 1 saturated carbocycles. The molecule has 0 radical (unpaired) electrons. The van der Waals surface area contributed by atoms with Gasteiger partial charge >= 0.3 is 12.5 Å². The number of ether oxygens (including phenoxy) is 3. The topological polar surface area (TPSA) is 56.8 Å². The number of carbonyl (C=O) groups excluding carboxylic acids is 1. The molecule has 0 unspecified atom stereocenters. The van der Waals surface area contributed by atoms with E-state index in [-0.39, 0.29) is 29.5 Å². The van der Waals surface area contributed by atoms with Crippen molar-refractivity contribution in [2.24, 2.45) is 11.8 Å². The van der Waals surface area contributed by atoms with Crippen LogP contribution >= 0.6 is 0 Å². The number of nitrogens with one attached hydrogen (secondary N) is 1. The van der Waals surface area contributed by atoms with E-state index >= 15 is 0 Å². The molecule has 0 aromatic heterocycles. The van der Waals surface area contributed by atoms with Gasteiger partial charge < -0.3 is 19.5 Å². The minimum absolute atomic E-state index is 0.00471. The Morgan fingerprint density at radius 3 is 2.81 bits per heavy atom. The lowest BCUT2D eigenvalue weighted by Crippen LogP contribution is -2.62. The van der Waals surface area contributed by atoms with Gasteiger partial charge in [0.2, 0.25) is 0 Å². The van der Waals surface area contributed by atoms with E-state index in [9.17, 15) is 22.4 Å². The molecule has 1 aliphatic carbocycles. The van der Waals surface area contributed by atoms with Gasteiger partial charge in [0.05, 0.1) is 18.3 Å². The Morgan fingerprint density at radius 2 is 2.12 bits per heavy atom. The van der Waals surface area contributed by atoms with Crippen molar-refractivity contribution in [3.63, 3.8) is 0 Å². The number of rotatable bonds is 7. The Kier molecular flexibility index (Phi) is 5.38. The lowest BCUT2D eigenvalue weighted by Gasteiger charge is -2.47. The molecule has 1 N–H and O–H groups in total. The number of benzene rings is 1. The zero-order valence-corrected chi connectivity index (χ0v) is 14.0. The second kappa shape index (κ2) is 7.40. The fourth-order valence-corrected chi connectivity index (χ4v) is 3.60. The molecule has 2 aliphatic rings. The Labute approximate surface area is 147 Å². The van der Waals surface area contributed by atoms with Crippen LogP contribution in [0.5, 0.6) is 5.75 Å². The predicted molar refractivity (Wildman–Crippen MR) is 82.5 cm³/mol. The molecule has 9 heteroatoms. The summed E-state index contributed by atoms with van der Waals surface area (Å²) in [6.45, 7) is 0.968. The summed E-state index contributed by atoms with van der Waals surface area (Å²) in [5.41, 5.74) is -0.230. The number of halogens is 4. The summed E-state index contributed by atoms with van der Waals surface area (Å²) in [5, 5.41) is 2.78. The molecule has 0 bridgehead atoms. The molecular weight excluding hydrogens is 358 g/mol. The number of carbonyl (C=O) groups is 1. The Balaban J connectivity index is 1.74. The number of alkyl halides is 4. The lowest BCUT2D eigenvalue weighted by molar-refractivity contribution is -0.253. The van der Waals surface area contributed by atoms with E-state index in [2.05, 4.69) is 10.1 Å². The van der Waals surface area contributed by atoms with Gasteiger partial charge in [0.1, 0.15) is 5.75 Å². The Hall–Kier alpha value is -1.87. The molecule has 3 rings (SSSR count). The molecule has 144 valence electrons. The van der Waals surface area contributed by atoms with Crippen molar-refractivity contribution in [1.82, 2.24) is 5.32 Å². The number of methoxy groups -OCH3 is 1. The van der Waals surface area contributed by atoms with E-state index in [4.69, 9.17) is 9.47 Å². The molecule has 1 aliphatic heterocycles. The standard InChI is InChI=1S/C17H19F4NO4/c1-24-8-11-13(10-6-7-25-14(10)11)22-15(23)9-4-2-3-5-12(9)26-17(20,21)16(18)19/h2-5,10-11,13-14,16H,6-8H2,1H3,(H,22,23)/t10-,11+,13+,14-/m1/s1. The largest absolute Gasteiger partial charge is 0.461 e. The van der Waals surface area contributed by atoms with Crippen molar-refractivity contribution in [2.75, 3.05) is 20.3 Å². The first kappa shape index (κ1) is 18.9. The molecule has 1 saturated heterocycles. The van der Waals surface area contributed by atoms with Crippen LogP contribution in [-0.2, 0) is 9.47 Å². The van der Waals surface area contributed by atoms with Crippen molar-refractivity contribution in [3.05, 3.63) is 29.8 Å². The van der Waals surface area contributed by atoms with Crippen LogP contribution in [0.25, 0.3) is 0 Å². The maximum absolute atomic E-state index is 13.2. The summed E-state index contributed by atoms with van der Waals surface area (Å²) in [5.74, 6) is -1.19. The van der Waals surface area contributed by atoms with Gasteiger partial charge in [0, 0.05) is 31.6 Å². The van der Waals surface area contributed by atoms with Crippen LogP contribution in [0.3, 0.4) is 0 Å². The molecule has 26 heavy (non-hydrogen) atoms. The fourth-order valence-electron chi connectivity index (χ4n) is 3.60. The van der Waals surface area contributed by atoms with Crippen molar-refractivity contribution in [1.29, 1.82) is 0 Å². The molecule has 5 nitrogen and oxygen atoms in total. The van der Waals surface area contributed by atoms with E-state index in [1.807, 2.05) is 0 Å². The van der Waals surface area contributed by atoms with Crippen LogP contribution < -0.4 is 10.1 Å². The zero-order chi connectivity index (χ0) is 18.9. The van der Waals surface area contributed by atoms with Crippen LogP contribution in [0, 0.1) is 11.8 Å². The van der Waals surface area contributed by atoms with Gasteiger partial charge in [-0.05, 0) is 18.6 Å². The number of hydrogen-bond acceptors (Lipinski definition) is 4. The van der Waals surface area contributed by atoms with Crippen LogP contribution in [-0.4, -0.2) is 50.9 Å². The highest BCUT2D eigenvalue weighted by atomic mass is 19.3. The van der Waals surface area contributed by atoms with Crippen LogP contribution in [0.4, 0.5) is 17.6 Å². The van der Waals surface area contributed by atoms with Gasteiger partial charge in [-0.3, -0.25) is 4.79 Å². The molecule has 0 spiro atoms. The molecule has 2 fully saturated rings. The minimum Gasteiger partial charge on any atom is -0.427 e. The first-order valence-corrected chi connectivity index (χ1v) is 8.20. The van der Waals surface area contributed by atoms with Crippen molar-refractivity contribution in [3.8, 4) is 5.75 Å². The Morgan fingerprint density at radius 1 is 1.38 bits per heavy atom. The summed E-state index contributed by atoms with van der Waals surface area (Å²) in [6, 6.07) is 4.83. The average molecular weight is 377 g/mol. The zero-order valence-electron chi connectivity index (χ0n) is 14.0. The molecule has 1 aromatic carbocycles. The third-order valence-electron chi connectivity index (χ3n) is 4.82. The first-order valence-electron chi connectivity index (χ1n) is 8.20. The summed E-state index contributed by atoms with van der Waals surface area (Å²) in [7, 11) is 1.54. The second-order valence-electron chi connectivity index (χ2n) is 6.37. The molecule has 1 aromatic rings. The summed E-state index contributed by atoms with van der Waals surface area (Å²) < 4.78 is 66.1. The summed E-state index contributed by atoms with van der Waals surface area (Å²) in [4.78, 5) is 12.6. The first-order chi connectivity index (χ1) is 12.3. The van der Waals surface area contributed by atoms with Crippen LogP contribution in [0.2, 0.25) is 0 Å². The number of amides is 1. The van der Waals surface area contributed by atoms with Gasteiger partial charge in [-0.1, -0.05) is 12.1 Å². The second-order valence-corrected chi connectivity index (χ2v) is 6.37. The van der Waals surface area contributed by atoms with E-state index in [1.165, 1.54) is 25.3 Å². The smallest absolute Gasteiger partial charge is 0.427 e. The normalized spacial score (nSPS) is 27.8. The molecule has 4 atom stereocenters. The highest BCUT2D eigenvalue weighted by Gasteiger charge is 2.54. The van der Waals surface area contributed by atoms with Crippen molar-refractivity contribution in [2.45, 2.75) is 31.1 Å². The lowest BCUT2D eigenvalue weighted by atomic mass is 9.67. The van der Waals surface area contributed by atoms with E-state index in [0.717, 1.165) is 12.5 Å².